The molecule has 0 heterocycles. The lowest BCUT2D eigenvalue weighted by Crippen LogP contribution is -2.48. The summed E-state index contributed by atoms with van der Waals surface area (Å²) in [5, 5.41) is 10.6. The van der Waals surface area contributed by atoms with Crippen molar-refractivity contribution in [1.29, 1.82) is 0 Å². The molecular weight excluding hydrogens is 229 g/mol. The number of aliphatic carboxylic acids is 1. The van der Waals surface area contributed by atoms with Crippen LogP contribution in [0, 0.1) is 0 Å². The lowest BCUT2D eigenvalue weighted by molar-refractivity contribution is -0.139. The summed E-state index contributed by atoms with van der Waals surface area (Å²) < 4.78 is 35.7. The highest BCUT2D eigenvalue weighted by molar-refractivity contribution is 5.82. The Hall–Kier alpha value is -1.47. The van der Waals surface area contributed by atoms with E-state index in [1.807, 2.05) is 5.32 Å². The first-order chi connectivity index (χ1) is 7.17. The Kier molecular flexibility index (Phi) is 5.06. The van der Waals surface area contributed by atoms with Crippen LogP contribution in [-0.4, -0.2) is 47.8 Å². The van der Waals surface area contributed by atoms with Crippen molar-refractivity contribution in [1.82, 2.24) is 10.2 Å². The van der Waals surface area contributed by atoms with Gasteiger partial charge in [0.15, 0.2) is 0 Å². The Bertz CT molecular complexity index is 268. The average molecular weight is 242 g/mol. The molecule has 5 nitrogen and oxygen atoms in total. The second-order valence-electron chi connectivity index (χ2n) is 3.22. The molecule has 0 fully saturated rings. The van der Waals surface area contributed by atoms with Gasteiger partial charge >= 0.3 is 18.2 Å². The minimum atomic E-state index is -4.50. The standard InChI is InChI=1S/C8H13F3N2O3/c1-3-5(6(14)15)12-7(16)13(2)4-8(9,10)11/h5H,3-4H2,1-2H3,(H,12,16)(H,14,15)/t5-/m0/s1. The number of carboxylic acids is 1. The van der Waals surface area contributed by atoms with Crippen molar-refractivity contribution in [2.75, 3.05) is 13.6 Å². The maximum Gasteiger partial charge on any atom is 0.406 e. The number of hydrogen-bond acceptors (Lipinski definition) is 2. The van der Waals surface area contributed by atoms with E-state index >= 15 is 0 Å². The summed E-state index contributed by atoms with van der Waals surface area (Å²) in [6, 6.07) is -2.24. The molecule has 0 rings (SSSR count). The van der Waals surface area contributed by atoms with Gasteiger partial charge in [0.25, 0.3) is 0 Å². The highest BCUT2D eigenvalue weighted by atomic mass is 19.4. The molecule has 0 aromatic heterocycles. The molecule has 0 aromatic carbocycles. The van der Waals surface area contributed by atoms with Gasteiger partial charge in [0, 0.05) is 7.05 Å². The quantitative estimate of drug-likeness (QED) is 0.774. The lowest BCUT2D eigenvalue weighted by Gasteiger charge is -2.21. The van der Waals surface area contributed by atoms with Gasteiger partial charge in [-0.2, -0.15) is 13.2 Å². The molecule has 2 amide bonds. The summed E-state index contributed by atoms with van der Waals surface area (Å²) in [7, 11) is 0.942. The van der Waals surface area contributed by atoms with E-state index in [1.54, 1.807) is 0 Å². The molecule has 94 valence electrons. The topological polar surface area (TPSA) is 69.6 Å². The van der Waals surface area contributed by atoms with Gasteiger partial charge in [-0.15, -0.1) is 0 Å². The minimum Gasteiger partial charge on any atom is -0.480 e. The first kappa shape index (κ1) is 14.5. The number of carbonyl (C=O) groups excluding carboxylic acids is 1. The second kappa shape index (κ2) is 5.57. The highest BCUT2D eigenvalue weighted by Crippen LogP contribution is 2.15. The van der Waals surface area contributed by atoms with E-state index in [2.05, 4.69) is 0 Å². The number of rotatable bonds is 4. The van der Waals surface area contributed by atoms with E-state index in [1.165, 1.54) is 6.92 Å². The highest BCUT2D eigenvalue weighted by Gasteiger charge is 2.32. The number of alkyl halides is 3. The number of carboxylic acid groups (broad SMARTS) is 1. The van der Waals surface area contributed by atoms with Crippen LogP contribution in [0.2, 0.25) is 0 Å². The van der Waals surface area contributed by atoms with Crippen molar-refractivity contribution in [3.8, 4) is 0 Å². The van der Waals surface area contributed by atoms with E-state index in [9.17, 15) is 22.8 Å². The molecule has 0 unspecified atom stereocenters. The number of halogens is 3. The number of hydrogen-bond donors (Lipinski definition) is 2. The zero-order valence-corrected chi connectivity index (χ0v) is 8.84. The van der Waals surface area contributed by atoms with E-state index in [0.29, 0.717) is 4.90 Å². The maximum absolute atomic E-state index is 11.9. The van der Waals surface area contributed by atoms with Crippen LogP contribution in [0.4, 0.5) is 18.0 Å². The molecule has 0 radical (unpaired) electrons. The van der Waals surface area contributed by atoms with Crippen LogP contribution < -0.4 is 5.32 Å². The fourth-order valence-corrected chi connectivity index (χ4v) is 0.938. The monoisotopic (exact) mass is 242 g/mol. The average Bonchev–Trinajstić information content (AvgIpc) is 2.10. The van der Waals surface area contributed by atoms with Crippen molar-refractivity contribution in [2.24, 2.45) is 0 Å². The van der Waals surface area contributed by atoms with Gasteiger partial charge in [-0.25, -0.2) is 9.59 Å². The second-order valence-corrected chi connectivity index (χ2v) is 3.22. The molecule has 2 N–H and O–H groups in total. The normalized spacial score (nSPS) is 13.1. The Morgan fingerprint density at radius 3 is 2.25 bits per heavy atom. The van der Waals surface area contributed by atoms with Crippen LogP contribution in [0.1, 0.15) is 13.3 Å². The van der Waals surface area contributed by atoms with Gasteiger partial charge in [0.05, 0.1) is 0 Å². The molecule has 0 aliphatic heterocycles. The van der Waals surface area contributed by atoms with E-state index < -0.39 is 30.8 Å². The van der Waals surface area contributed by atoms with Gasteiger partial charge in [-0.3, -0.25) is 0 Å². The number of nitrogens with zero attached hydrogens (tertiary/aromatic N) is 1. The Morgan fingerprint density at radius 1 is 1.44 bits per heavy atom. The van der Waals surface area contributed by atoms with Gasteiger partial charge in [-0.05, 0) is 6.42 Å². The zero-order valence-electron chi connectivity index (χ0n) is 8.84. The van der Waals surface area contributed by atoms with Crippen molar-refractivity contribution >= 4 is 12.0 Å². The number of amides is 2. The third-order valence-electron chi connectivity index (χ3n) is 1.77. The summed E-state index contributed by atoms with van der Waals surface area (Å²) in [6.45, 7) is 0.0811. The molecule has 0 spiro atoms. The van der Waals surface area contributed by atoms with Crippen LogP contribution in [0.15, 0.2) is 0 Å². The molecular formula is C8H13F3N2O3. The van der Waals surface area contributed by atoms with Crippen molar-refractivity contribution < 1.29 is 27.9 Å². The largest absolute Gasteiger partial charge is 0.480 e. The zero-order chi connectivity index (χ0) is 12.9. The minimum absolute atomic E-state index is 0.0981. The van der Waals surface area contributed by atoms with Crippen LogP contribution in [0.5, 0.6) is 0 Å². The summed E-state index contributed by atoms with van der Waals surface area (Å²) in [4.78, 5) is 22.0. The number of nitrogens with one attached hydrogen (secondary N) is 1. The fraction of sp³-hybridized carbons (Fsp3) is 0.750. The van der Waals surface area contributed by atoms with Crippen LogP contribution >= 0.6 is 0 Å². The predicted molar refractivity (Wildman–Crippen MR) is 48.9 cm³/mol. The van der Waals surface area contributed by atoms with E-state index in [4.69, 9.17) is 5.11 Å². The summed E-state index contributed by atoms with van der Waals surface area (Å²) in [5.41, 5.74) is 0. The van der Waals surface area contributed by atoms with Gasteiger partial charge in [-0.1, -0.05) is 6.92 Å². The maximum atomic E-state index is 11.9. The Morgan fingerprint density at radius 2 is 1.94 bits per heavy atom. The van der Waals surface area contributed by atoms with Crippen molar-refractivity contribution in [2.45, 2.75) is 25.6 Å². The molecule has 16 heavy (non-hydrogen) atoms. The van der Waals surface area contributed by atoms with Crippen molar-refractivity contribution in [3.05, 3.63) is 0 Å². The molecule has 0 saturated heterocycles. The van der Waals surface area contributed by atoms with Crippen LogP contribution in [0.3, 0.4) is 0 Å². The predicted octanol–water partition coefficient (Wildman–Crippen LogP) is 1.05. The van der Waals surface area contributed by atoms with E-state index in [0.717, 1.165) is 7.05 Å². The third-order valence-corrected chi connectivity index (χ3v) is 1.77. The molecule has 0 saturated carbocycles. The van der Waals surface area contributed by atoms with Crippen LogP contribution in [-0.2, 0) is 4.79 Å². The fourth-order valence-electron chi connectivity index (χ4n) is 0.938. The van der Waals surface area contributed by atoms with Gasteiger partial charge < -0.3 is 15.3 Å². The smallest absolute Gasteiger partial charge is 0.406 e. The first-order valence-corrected chi connectivity index (χ1v) is 4.48. The Labute approximate surface area is 90.2 Å². The molecule has 0 aromatic rings. The Balaban J connectivity index is 4.29. The van der Waals surface area contributed by atoms with E-state index in [-0.39, 0.29) is 6.42 Å². The third kappa shape index (κ3) is 5.42. The summed E-state index contributed by atoms with van der Waals surface area (Å²) >= 11 is 0. The molecule has 0 bridgehead atoms. The van der Waals surface area contributed by atoms with Crippen LogP contribution in [0.25, 0.3) is 0 Å². The number of urea groups is 1. The molecule has 8 heteroatoms. The van der Waals surface area contributed by atoms with Gasteiger partial charge in [0.1, 0.15) is 12.6 Å². The number of carbonyl (C=O) groups is 2. The van der Waals surface area contributed by atoms with Crippen molar-refractivity contribution in [3.63, 3.8) is 0 Å². The first-order valence-electron chi connectivity index (χ1n) is 4.48. The SMILES string of the molecule is CC[C@H](NC(=O)N(C)CC(F)(F)F)C(=O)O. The lowest BCUT2D eigenvalue weighted by atomic mass is 10.2. The molecule has 0 aliphatic rings. The summed E-state index contributed by atoms with van der Waals surface area (Å²) in [6.07, 6.45) is -4.40. The molecule has 0 aliphatic carbocycles. The molecule has 1 atom stereocenters. The van der Waals surface area contributed by atoms with Gasteiger partial charge in [0.2, 0.25) is 0 Å². The summed E-state index contributed by atoms with van der Waals surface area (Å²) in [5.74, 6) is -1.28.